The zero-order valence-corrected chi connectivity index (χ0v) is 14.2. The van der Waals surface area contributed by atoms with Crippen LogP contribution in [0.15, 0.2) is 0 Å². The molecule has 6 nitrogen and oxygen atoms in total. The lowest BCUT2D eigenvalue weighted by Crippen LogP contribution is -2.64. The van der Waals surface area contributed by atoms with Crippen molar-refractivity contribution in [3.05, 3.63) is 5.28 Å². The van der Waals surface area contributed by atoms with Crippen molar-refractivity contribution in [3.63, 3.8) is 0 Å². The van der Waals surface area contributed by atoms with Crippen LogP contribution in [0.1, 0.15) is 47.5 Å². The zero-order valence-electron chi connectivity index (χ0n) is 13.4. The number of anilines is 2. The average molecular weight is 313 g/mol. The molecule has 21 heavy (non-hydrogen) atoms. The van der Waals surface area contributed by atoms with Crippen molar-refractivity contribution in [2.75, 3.05) is 16.8 Å². The van der Waals surface area contributed by atoms with E-state index in [-0.39, 0.29) is 22.4 Å². The lowest BCUT2D eigenvalue weighted by molar-refractivity contribution is 0.216. The van der Waals surface area contributed by atoms with Crippen molar-refractivity contribution in [1.82, 2.24) is 15.0 Å². The van der Waals surface area contributed by atoms with Crippen molar-refractivity contribution in [2.45, 2.75) is 64.6 Å². The summed E-state index contributed by atoms with van der Waals surface area (Å²) >= 11 is 6.07. The zero-order chi connectivity index (χ0) is 15.8. The van der Waals surface area contributed by atoms with E-state index in [1.807, 2.05) is 6.92 Å². The largest absolute Gasteiger partial charge is 0.354 e. The Labute approximate surface area is 131 Å². The highest BCUT2D eigenvalue weighted by Crippen LogP contribution is 2.40. The third kappa shape index (κ3) is 3.37. The van der Waals surface area contributed by atoms with Gasteiger partial charge in [-0.1, -0.05) is 0 Å². The van der Waals surface area contributed by atoms with Gasteiger partial charge in [0.15, 0.2) is 0 Å². The monoisotopic (exact) mass is 312 g/mol. The molecule has 7 heteroatoms. The molecule has 0 radical (unpaired) electrons. The quantitative estimate of drug-likeness (QED) is 0.892. The second-order valence-electron chi connectivity index (χ2n) is 6.89. The second-order valence-corrected chi connectivity index (χ2v) is 7.23. The van der Waals surface area contributed by atoms with Crippen molar-refractivity contribution < 1.29 is 0 Å². The molecule has 1 aromatic rings. The molecule has 0 spiro atoms. The van der Waals surface area contributed by atoms with E-state index in [4.69, 9.17) is 17.3 Å². The van der Waals surface area contributed by atoms with E-state index in [9.17, 15) is 0 Å². The third-order valence-electron chi connectivity index (χ3n) is 3.87. The fraction of sp³-hybridized carbons (Fsp3) is 0.786. The Bertz CT molecular complexity index is 498. The van der Waals surface area contributed by atoms with E-state index < -0.39 is 0 Å². The first-order chi connectivity index (χ1) is 9.65. The predicted octanol–water partition coefficient (Wildman–Crippen LogP) is 2.44. The number of nitrogens with two attached hydrogens (primary N) is 1. The minimum atomic E-state index is -0.144. The van der Waals surface area contributed by atoms with Crippen LogP contribution in [0.25, 0.3) is 0 Å². The van der Waals surface area contributed by atoms with Gasteiger partial charge < -0.3 is 16.0 Å². The minimum Gasteiger partial charge on any atom is -0.354 e. The Morgan fingerprint density at radius 2 is 1.76 bits per heavy atom. The molecule has 118 valence electrons. The third-order valence-corrected chi connectivity index (χ3v) is 4.03. The van der Waals surface area contributed by atoms with Crippen molar-refractivity contribution in [1.29, 1.82) is 0 Å². The average Bonchev–Trinajstić information content (AvgIpc) is 2.23. The highest BCUT2D eigenvalue weighted by atomic mass is 35.5. The molecule has 0 amide bonds. The second kappa shape index (κ2) is 5.57. The molecular weight excluding hydrogens is 288 g/mol. The fourth-order valence-corrected chi connectivity index (χ4v) is 3.73. The molecule has 0 aromatic carbocycles. The van der Waals surface area contributed by atoms with Gasteiger partial charge in [0.1, 0.15) is 0 Å². The number of aromatic nitrogens is 3. The molecule has 2 rings (SSSR count). The summed E-state index contributed by atoms with van der Waals surface area (Å²) in [6.07, 6.45) is 1.77. The smallest absolute Gasteiger partial charge is 0.232 e. The van der Waals surface area contributed by atoms with Gasteiger partial charge in [0.05, 0.1) is 0 Å². The van der Waals surface area contributed by atoms with Crippen molar-refractivity contribution in [3.8, 4) is 0 Å². The molecule has 0 atom stereocenters. The SMILES string of the molecule is CCNc1nc(Cl)nc(N2C(C)(C)CC(N)CC2(C)C)n1. The van der Waals surface area contributed by atoms with Gasteiger partial charge in [0.25, 0.3) is 0 Å². The van der Waals surface area contributed by atoms with E-state index in [0.29, 0.717) is 11.9 Å². The number of hydrogen-bond acceptors (Lipinski definition) is 6. The standard InChI is InChI=1S/C14H25ClN6/c1-6-17-11-18-10(15)19-12(20-11)21-13(2,3)7-9(16)8-14(21,4)5/h9H,6-8,16H2,1-5H3,(H,17,18,19,20). The molecule has 3 N–H and O–H groups in total. The lowest BCUT2D eigenvalue weighted by atomic mass is 9.77. The summed E-state index contributed by atoms with van der Waals surface area (Å²) in [5, 5.41) is 3.30. The Kier molecular flexibility index (Phi) is 4.31. The Morgan fingerprint density at radius 3 is 2.29 bits per heavy atom. The number of halogens is 1. The van der Waals surface area contributed by atoms with Crippen LogP contribution in [0.4, 0.5) is 11.9 Å². The number of nitrogens with one attached hydrogen (secondary N) is 1. The predicted molar refractivity (Wildman–Crippen MR) is 86.8 cm³/mol. The molecular formula is C14H25ClN6. The molecule has 0 bridgehead atoms. The molecule has 1 saturated heterocycles. The van der Waals surface area contributed by atoms with Crippen LogP contribution in [-0.2, 0) is 0 Å². The van der Waals surface area contributed by atoms with Crippen LogP contribution < -0.4 is 16.0 Å². The summed E-state index contributed by atoms with van der Waals surface area (Å²) in [5.74, 6) is 1.11. The summed E-state index contributed by atoms with van der Waals surface area (Å²) in [5.41, 5.74) is 5.93. The maximum absolute atomic E-state index is 6.22. The van der Waals surface area contributed by atoms with Gasteiger partial charge >= 0.3 is 0 Å². The van der Waals surface area contributed by atoms with Gasteiger partial charge in [-0.15, -0.1) is 0 Å². The molecule has 0 saturated carbocycles. The summed E-state index contributed by atoms with van der Waals surface area (Å²) in [7, 11) is 0. The fourth-order valence-electron chi connectivity index (χ4n) is 3.58. The number of hydrogen-bond donors (Lipinski definition) is 2. The van der Waals surface area contributed by atoms with Crippen LogP contribution in [0.2, 0.25) is 5.28 Å². The van der Waals surface area contributed by atoms with Crippen molar-refractivity contribution in [2.24, 2.45) is 5.73 Å². The molecule has 1 aliphatic rings. The highest BCUT2D eigenvalue weighted by molar-refractivity contribution is 6.28. The molecule has 2 heterocycles. The summed E-state index contributed by atoms with van der Waals surface area (Å²) in [6, 6.07) is 0.178. The Balaban J connectivity index is 2.47. The van der Waals surface area contributed by atoms with Gasteiger partial charge in [0.2, 0.25) is 17.2 Å². The van der Waals surface area contributed by atoms with Gasteiger partial charge in [0, 0.05) is 23.7 Å². The maximum Gasteiger partial charge on any atom is 0.232 e. The molecule has 1 aliphatic heterocycles. The topological polar surface area (TPSA) is 80.0 Å². The van der Waals surface area contributed by atoms with E-state index in [0.717, 1.165) is 19.4 Å². The molecule has 1 aromatic heterocycles. The minimum absolute atomic E-state index is 0.144. The first-order valence-electron chi connectivity index (χ1n) is 7.37. The van der Waals surface area contributed by atoms with Crippen LogP contribution in [0, 0.1) is 0 Å². The van der Waals surface area contributed by atoms with Gasteiger partial charge in [-0.25, -0.2) is 0 Å². The molecule has 0 unspecified atom stereocenters. The summed E-state index contributed by atoms with van der Waals surface area (Å²) in [6.45, 7) is 11.4. The van der Waals surface area contributed by atoms with Gasteiger partial charge in [-0.3, -0.25) is 0 Å². The van der Waals surface area contributed by atoms with Crippen LogP contribution >= 0.6 is 11.6 Å². The first-order valence-corrected chi connectivity index (χ1v) is 7.75. The summed E-state index contributed by atoms with van der Waals surface area (Å²) < 4.78 is 0. The Morgan fingerprint density at radius 1 is 1.19 bits per heavy atom. The highest BCUT2D eigenvalue weighted by Gasteiger charge is 2.45. The molecule has 0 aliphatic carbocycles. The van der Waals surface area contributed by atoms with E-state index in [1.54, 1.807) is 0 Å². The van der Waals surface area contributed by atoms with E-state index in [1.165, 1.54) is 0 Å². The number of nitrogens with zero attached hydrogens (tertiary/aromatic N) is 4. The number of piperidine rings is 1. The van der Waals surface area contributed by atoms with Gasteiger partial charge in [-0.2, -0.15) is 15.0 Å². The van der Waals surface area contributed by atoms with E-state index in [2.05, 4.69) is 52.9 Å². The summed E-state index contributed by atoms with van der Waals surface area (Å²) in [4.78, 5) is 15.2. The van der Waals surface area contributed by atoms with Crippen LogP contribution in [0.5, 0.6) is 0 Å². The van der Waals surface area contributed by atoms with Crippen LogP contribution in [-0.4, -0.2) is 38.6 Å². The van der Waals surface area contributed by atoms with Crippen molar-refractivity contribution >= 4 is 23.5 Å². The maximum atomic E-state index is 6.22. The molecule has 1 fully saturated rings. The lowest BCUT2D eigenvalue weighted by Gasteiger charge is -2.54. The van der Waals surface area contributed by atoms with E-state index >= 15 is 0 Å². The first kappa shape index (κ1) is 16.2. The van der Waals surface area contributed by atoms with Gasteiger partial charge in [-0.05, 0) is 59.1 Å². The normalized spacial score (nSPS) is 21.4. The van der Waals surface area contributed by atoms with Crippen LogP contribution in [0.3, 0.4) is 0 Å². The Hall–Kier alpha value is -1.14. The number of rotatable bonds is 3.